The van der Waals surface area contributed by atoms with Gasteiger partial charge in [-0.3, -0.25) is 0 Å². The molecule has 0 saturated heterocycles. The van der Waals surface area contributed by atoms with Gasteiger partial charge in [-0.15, -0.1) is 5.10 Å². The van der Waals surface area contributed by atoms with Gasteiger partial charge in [0.2, 0.25) is 5.95 Å². The van der Waals surface area contributed by atoms with Gasteiger partial charge < -0.3 is 15.4 Å². The number of nitrogens with one attached hydrogen (secondary N) is 2. The zero-order valence-corrected chi connectivity index (χ0v) is 12.0. The summed E-state index contributed by atoms with van der Waals surface area (Å²) in [6.07, 6.45) is 1.57. The Bertz CT molecular complexity index is 537. The first-order valence-electron chi connectivity index (χ1n) is 5.73. The van der Waals surface area contributed by atoms with Crippen LogP contribution in [0.3, 0.4) is 0 Å². The smallest absolute Gasteiger partial charge is 0.244 e. The van der Waals surface area contributed by atoms with Gasteiger partial charge in [-0.1, -0.05) is 22.0 Å². The summed E-state index contributed by atoms with van der Waals surface area (Å²) in [5, 5.41) is 14.0. The number of anilines is 3. The summed E-state index contributed by atoms with van der Waals surface area (Å²) in [5.74, 6) is 1.10. The van der Waals surface area contributed by atoms with Gasteiger partial charge in [0.05, 0.1) is 12.8 Å². The van der Waals surface area contributed by atoms with Crippen molar-refractivity contribution in [2.24, 2.45) is 0 Å². The molecule has 0 aliphatic carbocycles. The van der Waals surface area contributed by atoms with E-state index in [1.165, 1.54) is 0 Å². The largest absolute Gasteiger partial charge is 0.383 e. The Kier molecular flexibility index (Phi) is 5.05. The lowest BCUT2D eigenvalue weighted by atomic mass is 10.3. The molecule has 19 heavy (non-hydrogen) atoms. The fourth-order valence-electron chi connectivity index (χ4n) is 1.42. The van der Waals surface area contributed by atoms with Crippen LogP contribution < -0.4 is 10.6 Å². The molecule has 0 atom stereocenters. The lowest BCUT2D eigenvalue weighted by Gasteiger charge is -2.07. The van der Waals surface area contributed by atoms with Crippen LogP contribution in [0.2, 0.25) is 0 Å². The predicted molar refractivity (Wildman–Crippen MR) is 77.6 cm³/mol. The van der Waals surface area contributed by atoms with Crippen LogP contribution in [0, 0.1) is 0 Å². The second-order valence-corrected chi connectivity index (χ2v) is 4.64. The van der Waals surface area contributed by atoms with Crippen LogP contribution >= 0.6 is 15.9 Å². The van der Waals surface area contributed by atoms with Gasteiger partial charge in [-0.05, 0) is 18.2 Å². The Morgan fingerprint density at radius 2 is 2.26 bits per heavy atom. The highest BCUT2D eigenvalue weighted by molar-refractivity contribution is 9.10. The van der Waals surface area contributed by atoms with Gasteiger partial charge in [0, 0.05) is 23.8 Å². The van der Waals surface area contributed by atoms with Crippen molar-refractivity contribution >= 4 is 33.4 Å². The number of ether oxygens (including phenoxy) is 1. The van der Waals surface area contributed by atoms with Crippen molar-refractivity contribution in [2.45, 2.75) is 0 Å². The van der Waals surface area contributed by atoms with E-state index in [9.17, 15) is 0 Å². The highest BCUT2D eigenvalue weighted by Gasteiger charge is 2.01. The van der Waals surface area contributed by atoms with Crippen LogP contribution in [0.25, 0.3) is 0 Å². The standard InChI is InChI=1S/C12H14BrN5O/c1-19-6-5-14-12-17-11(8-15-18-12)16-10-4-2-3-9(13)7-10/h2-4,7-8H,5-6H2,1H3,(H2,14,16,17,18). The maximum atomic E-state index is 4.94. The first-order chi connectivity index (χ1) is 9.28. The van der Waals surface area contributed by atoms with Gasteiger partial charge in [-0.2, -0.15) is 10.1 Å². The molecule has 1 aromatic carbocycles. The Hall–Kier alpha value is -1.73. The number of hydrogen-bond donors (Lipinski definition) is 2. The molecule has 2 N–H and O–H groups in total. The minimum Gasteiger partial charge on any atom is -0.383 e. The lowest BCUT2D eigenvalue weighted by molar-refractivity contribution is 0.210. The van der Waals surface area contributed by atoms with Crippen LogP contribution in [0.5, 0.6) is 0 Å². The summed E-state index contributed by atoms with van der Waals surface area (Å²) in [5.41, 5.74) is 0.928. The average molecular weight is 324 g/mol. The first kappa shape index (κ1) is 13.7. The summed E-state index contributed by atoms with van der Waals surface area (Å²) in [6, 6.07) is 7.81. The molecule has 1 aromatic heterocycles. The van der Waals surface area contributed by atoms with Crippen LogP contribution in [-0.4, -0.2) is 35.4 Å². The third-order valence-electron chi connectivity index (χ3n) is 2.25. The van der Waals surface area contributed by atoms with Gasteiger partial charge in [0.25, 0.3) is 0 Å². The van der Waals surface area contributed by atoms with Crippen molar-refractivity contribution in [2.75, 3.05) is 30.9 Å². The van der Waals surface area contributed by atoms with E-state index in [2.05, 4.69) is 41.7 Å². The minimum atomic E-state index is 0.469. The Balaban J connectivity index is 2.02. The summed E-state index contributed by atoms with van der Waals surface area (Å²) >= 11 is 3.42. The molecule has 0 bridgehead atoms. The molecule has 2 rings (SSSR count). The van der Waals surface area contributed by atoms with E-state index in [1.54, 1.807) is 13.3 Å². The third-order valence-corrected chi connectivity index (χ3v) is 2.74. The molecule has 1 heterocycles. The maximum absolute atomic E-state index is 4.94. The van der Waals surface area contributed by atoms with Crippen molar-refractivity contribution in [1.29, 1.82) is 0 Å². The molecule has 6 nitrogen and oxygen atoms in total. The van der Waals surface area contributed by atoms with E-state index in [1.807, 2.05) is 24.3 Å². The van der Waals surface area contributed by atoms with Crippen molar-refractivity contribution in [3.63, 3.8) is 0 Å². The first-order valence-corrected chi connectivity index (χ1v) is 6.52. The van der Waals surface area contributed by atoms with Crippen LogP contribution in [-0.2, 0) is 4.74 Å². The van der Waals surface area contributed by atoms with Crippen LogP contribution in [0.1, 0.15) is 0 Å². The second-order valence-electron chi connectivity index (χ2n) is 3.72. The summed E-state index contributed by atoms with van der Waals surface area (Å²) in [7, 11) is 1.64. The van der Waals surface area contributed by atoms with E-state index in [-0.39, 0.29) is 0 Å². The zero-order chi connectivity index (χ0) is 13.5. The molecule has 2 aromatic rings. The predicted octanol–water partition coefficient (Wildman–Crippen LogP) is 2.44. The van der Waals surface area contributed by atoms with E-state index >= 15 is 0 Å². The number of benzene rings is 1. The van der Waals surface area contributed by atoms with Crippen molar-refractivity contribution in [3.8, 4) is 0 Å². The lowest BCUT2D eigenvalue weighted by Crippen LogP contribution is -2.11. The summed E-state index contributed by atoms with van der Waals surface area (Å²) < 4.78 is 5.94. The van der Waals surface area contributed by atoms with E-state index in [4.69, 9.17) is 4.74 Å². The molecule has 0 amide bonds. The Morgan fingerprint density at radius 1 is 1.37 bits per heavy atom. The summed E-state index contributed by atoms with van der Waals surface area (Å²) in [4.78, 5) is 4.30. The molecular formula is C12H14BrN5O. The fraction of sp³-hybridized carbons (Fsp3) is 0.250. The monoisotopic (exact) mass is 323 g/mol. The number of nitrogens with zero attached hydrogens (tertiary/aromatic N) is 3. The highest BCUT2D eigenvalue weighted by Crippen LogP contribution is 2.19. The highest BCUT2D eigenvalue weighted by atomic mass is 79.9. The molecular weight excluding hydrogens is 310 g/mol. The molecule has 0 spiro atoms. The molecule has 0 fully saturated rings. The van der Waals surface area contributed by atoms with Crippen molar-refractivity contribution < 1.29 is 4.74 Å². The van der Waals surface area contributed by atoms with Gasteiger partial charge >= 0.3 is 0 Å². The summed E-state index contributed by atoms with van der Waals surface area (Å²) in [6.45, 7) is 1.23. The number of methoxy groups -OCH3 is 1. The molecule has 7 heteroatoms. The van der Waals surface area contributed by atoms with Crippen molar-refractivity contribution in [3.05, 3.63) is 34.9 Å². The topological polar surface area (TPSA) is 72.0 Å². The molecule has 0 saturated carbocycles. The van der Waals surface area contributed by atoms with Gasteiger partial charge in [0.1, 0.15) is 0 Å². The Labute approximate surface area is 119 Å². The zero-order valence-electron chi connectivity index (χ0n) is 10.4. The van der Waals surface area contributed by atoms with E-state index < -0.39 is 0 Å². The van der Waals surface area contributed by atoms with Gasteiger partial charge in [-0.25, -0.2) is 0 Å². The second kappa shape index (κ2) is 7.01. The number of hydrogen-bond acceptors (Lipinski definition) is 6. The third kappa shape index (κ3) is 4.46. The fourth-order valence-corrected chi connectivity index (χ4v) is 1.82. The quantitative estimate of drug-likeness (QED) is 0.795. The van der Waals surface area contributed by atoms with E-state index in [0.29, 0.717) is 24.9 Å². The van der Waals surface area contributed by atoms with Crippen LogP contribution in [0.4, 0.5) is 17.5 Å². The minimum absolute atomic E-state index is 0.469. The molecule has 0 aliphatic rings. The van der Waals surface area contributed by atoms with Crippen LogP contribution in [0.15, 0.2) is 34.9 Å². The number of rotatable bonds is 6. The number of aromatic nitrogens is 3. The normalized spacial score (nSPS) is 10.2. The molecule has 100 valence electrons. The van der Waals surface area contributed by atoms with E-state index in [0.717, 1.165) is 10.2 Å². The molecule has 0 radical (unpaired) electrons. The number of halogens is 1. The molecule has 0 aliphatic heterocycles. The Morgan fingerprint density at radius 3 is 3.05 bits per heavy atom. The molecule has 0 unspecified atom stereocenters. The maximum Gasteiger partial charge on any atom is 0.244 e. The average Bonchev–Trinajstić information content (AvgIpc) is 2.39. The van der Waals surface area contributed by atoms with Gasteiger partial charge in [0.15, 0.2) is 5.82 Å². The van der Waals surface area contributed by atoms with Crippen molar-refractivity contribution in [1.82, 2.24) is 15.2 Å². The SMILES string of the molecule is COCCNc1nncc(Nc2cccc(Br)c2)n1.